The summed E-state index contributed by atoms with van der Waals surface area (Å²) in [5, 5.41) is 5.57. The Balaban J connectivity index is 1.83. The van der Waals surface area contributed by atoms with E-state index in [1.54, 1.807) is 10.8 Å². The number of aryl methyl sites for hydroxylation is 3. The Morgan fingerprint density at radius 3 is 2.30 bits per heavy atom. The Labute approximate surface area is 193 Å². The van der Waals surface area contributed by atoms with Crippen LogP contribution in [0.5, 0.6) is 0 Å². The summed E-state index contributed by atoms with van der Waals surface area (Å²) in [6.45, 7) is 5.26. The predicted octanol–water partition coefficient (Wildman–Crippen LogP) is 3.25. The van der Waals surface area contributed by atoms with Crippen molar-refractivity contribution in [3.63, 3.8) is 0 Å². The number of carbonyl (C=O) groups is 2. The van der Waals surface area contributed by atoms with Crippen LogP contribution in [0, 0.1) is 6.92 Å². The van der Waals surface area contributed by atoms with Gasteiger partial charge in [0.1, 0.15) is 11.1 Å². The van der Waals surface area contributed by atoms with Gasteiger partial charge in [0.15, 0.2) is 0 Å². The molecule has 2 heterocycles. The number of carbonyl (C=O) groups excluding carboxylic acids is 2. The number of nitrogens with one attached hydrogen (secondary N) is 2. The van der Waals surface area contributed by atoms with Gasteiger partial charge in [0, 0.05) is 50.3 Å². The van der Waals surface area contributed by atoms with E-state index in [2.05, 4.69) is 15.6 Å². The van der Waals surface area contributed by atoms with E-state index in [-0.39, 0.29) is 11.1 Å². The number of amides is 2. The van der Waals surface area contributed by atoms with E-state index in [4.69, 9.17) is 0 Å². The molecule has 0 aliphatic heterocycles. The van der Waals surface area contributed by atoms with Crippen molar-refractivity contribution in [3.8, 4) is 0 Å². The van der Waals surface area contributed by atoms with Crippen LogP contribution in [-0.2, 0) is 19.5 Å². The summed E-state index contributed by atoms with van der Waals surface area (Å²) >= 11 is 0. The van der Waals surface area contributed by atoms with Crippen molar-refractivity contribution < 1.29 is 9.59 Å². The lowest BCUT2D eigenvalue weighted by atomic mass is 10.1. The third-order valence-corrected chi connectivity index (χ3v) is 5.31. The maximum absolute atomic E-state index is 13.0. The van der Waals surface area contributed by atoms with Crippen LogP contribution >= 0.6 is 0 Å². The second-order valence-corrected chi connectivity index (χ2v) is 8.00. The number of hydrogen-bond acceptors (Lipinski definition) is 4. The summed E-state index contributed by atoms with van der Waals surface area (Å²) in [6, 6.07) is 13.5. The normalized spacial score (nSPS) is 10.6. The van der Waals surface area contributed by atoms with Crippen molar-refractivity contribution in [2.75, 3.05) is 6.54 Å². The molecule has 2 aromatic heterocycles. The molecule has 2 amide bonds. The zero-order chi connectivity index (χ0) is 23.6. The molecule has 3 aromatic rings. The van der Waals surface area contributed by atoms with Crippen molar-refractivity contribution in [1.29, 1.82) is 0 Å². The molecule has 7 nitrogen and oxygen atoms in total. The van der Waals surface area contributed by atoms with Crippen LogP contribution in [0.25, 0.3) is 0 Å². The molecule has 1 aromatic carbocycles. The number of nitrogens with zero attached hydrogens (tertiary/aromatic N) is 2. The fraction of sp³-hybridized carbons (Fsp3) is 0.308. The highest BCUT2D eigenvalue weighted by molar-refractivity contribution is 5.99. The van der Waals surface area contributed by atoms with Crippen LogP contribution in [0.4, 0.5) is 0 Å². The molecule has 3 rings (SSSR count). The summed E-state index contributed by atoms with van der Waals surface area (Å²) in [5.74, 6) is -0.969. The van der Waals surface area contributed by atoms with E-state index < -0.39 is 17.2 Å². The van der Waals surface area contributed by atoms with Crippen molar-refractivity contribution in [2.45, 2.75) is 46.2 Å². The highest BCUT2D eigenvalue weighted by Crippen LogP contribution is 2.06. The van der Waals surface area contributed by atoms with E-state index >= 15 is 0 Å². The predicted molar refractivity (Wildman–Crippen MR) is 128 cm³/mol. The monoisotopic (exact) mass is 446 g/mol. The quantitative estimate of drug-likeness (QED) is 0.468. The van der Waals surface area contributed by atoms with Crippen LogP contribution in [0.2, 0.25) is 0 Å². The lowest BCUT2D eigenvalue weighted by Gasteiger charge is -2.13. The summed E-state index contributed by atoms with van der Waals surface area (Å²) in [6.07, 6.45) is 7.09. The molecular formula is C26H30N4O3. The molecule has 0 fully saturated rings. The zero-order valence-electron chi connectivity index (χ0n) is 19.1. The van der Waals surface area contributed by atoms with E-state index in [0.717, 1.165) is 29.7 Å². The molecule has 0 atom stereocenters. The van der Waals surface area contributed by atoms with Crippen molar-refractivity contribution in [3.05, 3.63) is 99.2 Å². The van der Waals surface area contributed by atoms with Gasteiger partial charge in [0.2, 0.25) is 5.43 Å². The second kappa shape index (κ2) is 11.8. The molecule has 0 aliphatic rings. The van der Waals surface area contributed by atoms with Gasteiger partial charge in [-0.15, -0.1) is 0 Å². The lowest BCUT2D eigenvalue weighted by Crippen LogP contribution is -2.35. The smallest absolute Gasteiger partial charge is 0.257 e. The SMILES string of the molecule is CCCCNC(=O)c1cn(CCc2ccccn2)cc(C(=O)NCc2ccc(C)cc2)c1=O. The van der Waals surface area contributed by atoms with Gasteiger partial charge >= 0.3 is 0 Å². The standard InChI is InChI=1S/C26H30N4O3/c1-3-4-13-28-25(32)22-17-30(15-12-21-7-5-6-14-27-21)18-23(24(22)31)26(33)29-16-20-10-8-19(2)9-11-20/h5-11,14,17-18H,3-4,12-13,15-16H2,1-2H3,(H,28,32)(H,29,33). The second-order valence-electron chi connectivity index (χ2n) is 8.00. The first kappa shape index (κ1) is 23.9. The van der Waals surface area contributed by atoms with Crippen molar-refractivity contribution >= 4 is 11.8 Å². The van der Waals surface area contributed by atoms with E-state index in [1.165, 1.54) is 12.4 Å². The van der Waals surface area contributed by atoms with Crippen molar-refractivity contribution in [2.24, 2.45) is 0 Å². The Kier molecular flexibility index (Phi) is 8.52. The zero-order valence-corrected chi connectivity index (χ0v) is 19.1. The van der Waals surface area contributed by atoms with Crippen LogP contribution < -0.4 is 16.1 Å². The molecule has 172 valence electrons. The summed E-state index contributed by atoms with van der Waals surface area (Å²) in [5.41, 5.74) is 2.29. The van der Waals surface area contributed by atoms with Gasteiger partial charge in [-0.1, -0.05) is 49.2 Å². The first-order valence-corrected chi connectivity index (χ1v) is 11.2. The molecule has 2 N–H and O–H groups in total. The Hall–Kier alpha value is -3.74. The molecule has 0 radical (unpaired) electrons. The molecule has 0 saturated heterocycles. The first-order valence-electron chi connectivity index (χ1n) is 11.2. The van der Waals surface area contributed by atoms with Gasteiger partial charge < -0.3 is 15.2 Å². The average molecular weight is 447 g/mol. The fourth-order valence-corrected chi connectivity index (χ4v) is 3.33. The third-order valence-electron chi connectivity index (χ3n) is 5.31. The minimum Gasteiger partial charge on any atom is -0.352 e. The summed E-state index contributed by atoms with van der Waals surface area (Å²) in [4.78, 5) is 42.9. The average Bonchev–Trinajstić information content (AvgIpc) is 2.83. The van der Waals surface area contributed by atoms with Crippen LogP contribution in [0.3, 0.4) is 0 Å². The number of rotatable bonds is 10. The maximum Gasteiger partial charge on any atom is 0.257 e. The molecule has 7 heteroatoms. The van der Waals surface area contributed by atoms with E-state index in [0.29, 0.717) is 26.1 Å². The summed E-state index contributed by atoms with van der Waals surface area (Å²) in [7, 11) is 0. The minimum atomic E-state index is -0.570. The molecular weight excluding hydrogens is 416 g/mol. The van der Waals surface area contributed by atoms with Crippen LogP contribution in [-0.4, -0.2) is 27.9 Å². The van der Waals surface area contributed by atoms with E-state index in [1.807, 2.05) is 56.3 Å². The number of benzene rings is 1. The fourth-order valence-electron chi connectivity index (χ4n) is 3.33. The first-order chi connectivity index (χ1) is 16.0. The highest BCUT2D eigenvalue weighted by atomic mass is 16.2. The minimum absolute atomic E-state index is 0.0323. The Morgan fingerprint density at radius 1 is 0.970 bits per heavy atom. The van der Waals surface area contributed by atoms with Crippen molar-refractivity contribution in [1.82, 2.24) is 20.2 Å². The van der Waals surface area contributed by atoms with Gasteiger partial charge in [-0.3, -0.25) is 19.4 Å². The molecule has 0 unspecified atom stereocenters. The number of pyridine rings is 2. The molecule has 0 spiro atoms. The van der Waals surface area contributed by atoms with Gasteiger partial charge in [-0.25, -0.2) is 0 Å². The molecule has 0 saturated carbocycles. The van der Waals surface area contributed by atoms with Crippen LogP contribution in [0.1, 0.15) is 57.3 Å². The van der Waals surface area contributed by atoms with Gasteiger partial charge in [0.05, 0.1) is 0 Å². The lowest BCUT2D eigenvalue weighted by molar-refractivity contribution is 0.0948. The van der Waals surface area contributed by atoms with Gasteiger partial charge in [-0.05, 0) is 31.0 Å². The molecule has 33 heavy (non-hydrogen) atoms. The summed E-state index contributed by atoms with van der Waals surface area (Å²) < 4.78 is 1.71. The third kappa shape index (κ3) is 6.87. The Bertz CT molecular complexity index is 1140. The highest BCUT2D eigenvalue weighted by Gasteiger charge is 2.19. The van der Waals surface area contributed by atoms with Gasteiger partial charge in [-0.2, -0.15) is 0 Å². The molecule has 0 aliphatic carbocycles. The van der Waals surface area contributed by atoms with Crippen LogP contribution in [0.15, 0.2) is 65.8 Å². The number of unbranched alkanes of at least 4 members (excludes halogenated alkanes) is 1. The largest absolute Gasteiger partial charge is 0.352 e. The van der Waals surface area contributed by atoms with E-state index in [9.17, 15) is 14.4 Å². The number of aromatic nitrogens is 2. The maximum atomic E-state index is 13.0. The van der Waals surface area contributed by atoms with Gasteiger partial charge in [0.25, 0.3) is 11.8 Å². The molecule has 0 bridgehead atoms. The topological polar surface area (TPSA) is 93.1 Å². The number of hydrogen-bond donors (Lipinski definition) is 2. The Morgan fingerprint density at radius 2 is 1.67 bits per heavy atom.